The standard InChI is InChI=1S/C23H23ClN4O2S/c1-13-7-8-15(21(29)27-17-9-10-17)11-19(13)28-22(30)20-14(2)26-23(31-20)25-12-16-5-3-4-6-18(16)24/h3-8,11,17H,9-10,12H2,1-2H3,(H,25,26)(H,27,29)(H,28,30). The van der Waals surface area contributed by atoms with Crippen molar-refractivity contribution in [3.05, 3.63) is 74.7 Å². The predicted molar refractivity (Wildman–Crippen MR) is 125 cm³/mol. The number of carbonyl (C=O) groups is 2. The van der Waals surface area contributed by atoms with Crippen LogP contribution in [-0.4, -0.2) is 22.8 Å². The summed E-state index contributed by atoms with van der Waals surface area (Å²) in [6.45, 7) is 4.22. The van der Waals surface area contributed by atoms with Gasteiger partial charge in [0.1, 0.15) is 4.88 Å². The molecular formula is C23H23ClN4O2S. The zero-order valence-corrected chi connectivity index (χ0v) is 18.9. The Labute approximate surface area is 190 Å². The first kappa shape index (κ1) is 21.3. The van der Waals surface area contributed by atoms with Crippen molar-refractivity contribution in [2.45, 2.75) is 39.3 Å². The van der Waals surface area contributed by atoms with E-state index < -0.39 is 0 Å². The van der Waals surface area contributed by atoms with E-state index in [4.69, 9.17) is 11.6 Å². The van der Waals surface area contributed by atoms with E-state index in [0.29, 0.717) is 38.5 Å². The molecule has 0 aliphatic heterocycles. The lowest BCUT2D eigenvalue weighted by molar-refractivity contribution is 0.0949. The van der Waals surface area contributed by atoms with Gasteiger partial charge in [-0.1, -0.05) is 47.2 Å². The molecule has 3 aromatic rings. The second-order valence-corrected chi connectivity index (χ2v) is 9.02. The zero-order chi connectivity index (χ0) is 22.0. The molecule has 160 valence electrons. The smallest absolute Gasteiger partial charge is 0.267 e. The molecule has 0 bridgehead atoms. The third kappa shape index (κ3) is 5.24. The van der Waals surface area contributed by atoms with Crippen molar-refractivity contribution in [2.75, 3.05) is 10.6 Å². The van der Waals surface area contributed by atoms with Crippen LogP contribution in [0.1, 0.15) is 49.7 Å². The number of halogens is 1. The van der Waals surface area contributed by atoms with Crippen LogP contribution in [0.2, 0.25) is 5.02 Å². The second kappa shape index (κ2) is 9.08. The Morgan fingerprint density at radius 3 is 2.65 bits per heavy atom. The van der Waals surface area contributed by atoms with Gasteiger partial charge >= 0.3 is 0 Å². The number of aryl methyl sites for hydroxylation is 2. The van der Waals surface area contributed by atoms with Crippen molar-refractivity contribution in [1.29, 1.82) is 0 Å². The molecule has 3 N–H and O–H groups in total. The fraction of sp³-hybridized carbons (Fsp3) is 0.261. The van der Waals surface area contributed by atoms with Gasteiger partial charge in [0.2, 0.25) is 0 Å². The Hall–Kier alpha value is -2.90. The SMILES string of the molecule is Cc1ccc(C(=O)NC2CC2)cc1NC(=O)c1sc(NCc2ccccc2Cl)nc1C. The molecule has 1 saturated carbocycles. The van der Waals surface area contributed by atoms with Crippen LogP contribution in [0.3, 0.4) is 0 Å². The molecule has 1 aromatic heterocycles. The number of carbonyl (C=O) groups excluding carboxylic acids is 2. The van der Waals surface area contributed by atoms with E-state index in [-0.39, 0.29) is 17.9 Å². The molecule has 1 fully saturated rings. The number of hydrogen-bond acceptors (Lipinski definition) is 5. The minimum absolute atomic E-state index is 0.113. The number of thiazole rings is 1. The van der Waals surface area contributed by atoms with Gasteiger partial charge in [-0.2, -0.15) is 0 Å². The van der Waals surface area contributed by atoms with Gasteiger partial charge < -0.3 is 16.0 Å². The molecule has 0 spiro atoms. The highest BCUT2D eigenvalue weighted by atomic mass is 35.5. The maximum atomic E-state index is 12.9. The van der Waals surface area contributed by atoms with Crippen LogP contribution in [0.4, 0.5) is 10.8 Å². The van der Waals surface area contributed by atoms with Gasteiger partial charge in [0.05, 0.1) is 5.69 Å². The van der Waals surface area contributed by atoms with Gasteiger partial charge in [-0.05, 0) is 56.0 Å². The largest absolute Gasteiger partial charge is 0.357 e. The molecule has 0 saturated heterocycles. The molecule has 0 unspecified atom stereocenters. The van der Waals surface area contributed by atoms with Crippen molar-refractivity contribution in [3.63, 3.8) is 0 Å². The van der Waals surface area contributed by atoms with E-state index in [2.05, 4.69) is 20.9 Å². The number of rotatable bonds is 7. The summed E-state index contributed by atoms with van der Waals surface area (Å²) >= 11 is 7.49. The number of amides is 2. The summed E-state index contributed by atoms with van der Waals surface area (Å²) in [5.74, 6) is -0.360. The molecular weight excluding hydrogens is 432 g/mol. The molecule has 0 atom stereocenters. The lowest BCUT2D eigenvalue weighted by atomic mass is 10.1. The maximum Gasteiger partial charge on any atom is 0.267 e. The number of nitrogens with one attached hydrogen (secondary N) is 3. The quantitative estimate of drug-likeness (QED) is 0.460. The van der Waals surface area contributed by atoms with E-state index in [1.807, 2.05) is 37.3 Å². The average molecular weight is 455 g/mol. The highest BCUT2D eigenvalue weighted by Gasteiger charge is 2.24. The molecule has 0 radical (unpaired) electrons. The molecule has 31 heavy (non-hydrogen) atoms. The third-order valence-electron chi connectivity index (χ3n) is 5.05. The van der Waals surface area contributed by atoms with Gasteiger partial charge in [0.25, 0.3) is 11.8 Å². The summed E-state index contributed by atoms with van der Waals surface area (Å²) in [7, 11) is 0. The lowest BCUT2D eigenvalue weighted by Gasteiger charge is -2.10. The molecule has 2 aromatic carbocycles. The summed E-state index contributed by atoms with van der Waals surface area (Å²) < 4.78 is 0. The Bertz CT molecular complexity index is 1140. The number of benzene rings is 2. The fourth-order valence-electron chi connectivity index (χ4n) is 3.07. The topological polar surface area (TPSA) is 83.1 Å². The van der Waals surface area contributed by atoms with Gasteiger partial charge in [0.15, 0.2) is 5.13 Å². The van der Waals surface area contributed by atoms with Crippen LogP contribution in [0.5, 0.6) is 0 Å². The molecule has 8 heteroatoms. The molecule has 2 amide bonds. The minimum atomic E-state index is -0.247. The third-order valence-corrected chi connectivity index (χ3v) is 6.53. The monoisotopic (exact) mass is 454 g/mol. The highest BCUT2D eigenvalue weighted by molar-refractivity contribution is 7.17. The Kier molecular flexibility index (Phi) is 6.25. The summed E-state index contributed by atoms with van der Waals surface area (Å²) in [4.78, 5) is 30.2. The molecule has 4 rings (SSSR count). The van der Waals surface area contributed by atoms with Gasteiger partial charge in [-0.25, -0.2) is 4.98 Å². The predicted octanol–water partition coefficient (Wildman–Crippen LogP) is 5.17. The first-order valence-electron chi connectivity index (χ1n) is 10.1. The number of anilines is 2. The Balaban J connectivity index is 1.45. The number of hydrogen-bond donors (Lipinski definition) is 3. The zero-order valence-electron chi connectivity index (χ0n) is 17.3. The van der Waals surface area contributed by atoms with Crippen molar-refractivity contribution in [1.82, 2.24) is 10.3 Å². The van der Waals surface area contributed by atoms with Gasteiger partial charge in [-0.15, -0.1) is 0 Å². The summed E-state index contributed by atoms with van der Waals surface area (Å²) in [6, 6.07) is 13.2. The van der Waals surface area contributed by atoms with E-state index in [0.717, 1.165) is 24.0 Å². The normalized spacial score (nSPS) is 13.0. The van der Waals surface area contributed by atoms with E-state index >= 15 is 0 Å². The van der Waals surface area contributed by atoms with Crippen LogP contribution < -0.4 is 16.0 Å². The van der Waals surface area contributed by atoms with Crippen LogP contribution in [0, 0.1) is 13.8 Å². The van der Waals surface area contributed by atoms with Crippen LogP contribution in [-0.2, 0) is 6.54 Å². The van der Waals surface area contributed by atoms with E-state index in [1.54, 1.807) is 19.1 Å². The first-order valence-corrected chi connectivity index (χ1v) is 11.3. The Morgan fingerprint density at radius 2 is 1.90 bits per heavy atom. The summed E-state index contributed by atoms with van der Waals surface area (Å²) in [5, 5.41) is 10.5. The lowest BCUT2D eigenvalue weighted by Crippen LogP contribution is -2.25. The first-order chi connectivity index (χ1) is 14.9. The minimum Gasteiger partial charge on any atom is -0.357 e. The highest BCUT2D eigenvalue weighted by Crippen LogP contribution is 2.26. The van der Waals surface area contributed by atoms with Crippen molar-refractivity contribution < 1.29 is 9.59 Å². The van der Waals surface area contributed by atoms with Gasteiger partial charge in [0, 0.05) is 28.9 Å². The molecule has 1 aliphatic carbocycles. The second-order valence-electron chi connectivity index (χ2n) is 7.61. The molecule has 1 heterocycles. The van der Waals surface area contributed by atoms with Crippen LogP contribution >= 0.6 is 22.9 Å². The van der Waals surface area contributed by atoms with Crippen molar-refractivity contribution in [3.8, 4) is 0 Å². The maximum absolute atomic E-state index is 12.9. The molecule has 1 aliphatic rings. The number of aromatic nitrogens is 1. The van der Waals surface area contributed by atoms with E-state index in [9.17, 15) is 9.59 Å². The number of nitrogens with zero attached hydrogens (tertiary/aromatic N) is 1. The van der Waals surface area contributed by atoms with Crippen LogP contribution in [0.15, 0.2) is 42.5 Å². The van der Waals surface area contributed by atoms with Crippen molar-refractivity contribution >= 4 is 45.6 Å². The molecule has 6 nitrogen and oxygen atoms in total. The summed E-state index contributed by atoms with van der Waals surface area (Å²) in [5.41, 5.74) is 3.64. The summed E-state index contributed by atoms with van der Waals surface area (Å²) in [6.07, 6.45) is 2.05. The van der Waals surface area contributed by atoms with Crippen molar-refractivity contribution in [2.24, 2.45) is 0 Å². The average Bonchev–Trinajstić information content (AvgIpc) is 3.48. The fourth-order valence-corrected chi connectivity index (χ4v) is 4.13. The van der Waals surface area contributed by atoms with E-state index in [1.165, 1.54) is 11.3 Å². The van der Waals surface area contributed by atoms with Crippen LogP contribution in [0.25, 0.3) is 0 Å². The Morgan fingerprint density at radius 1 is 1.13 bits per heavy atom. The van der Waals surface area contributed by atoms with Gasteiger partial charge in [-0.3, -0.25) is 9.59 Å².